The van der Waals surface area contributed by atoms with Crippen molar-refractivity contribution in [2.45, 2.75) is 32.2 Å². The van der Waals surface area contributed by atoms with E-state index in [0.717, 1.165) is 32.0 Å². The van der Waals surface area contributed by atoms with Gasteiger partial charge in [0.1, 0.15) is 0 Å². The first-order chi connectivity index (χ1) is 15.0. The monoisotopic (exact) mass is 445 g/mol. The minimum atomic E-state index is -0.122. The molecular weight excluding hydrogens is 422 g/mol. The van der Waals surface area contributed by atoms with Crippen molar-refractivity contribution in [3.8, 4) is 0 Å². The van der Waals surface area contributed by atoms with Gasteiger partial charge in [0.2, 0.25) is 0 Å². The maximum Gasteiger partial charge on any atom is 0.255 e. The number of thiazole rings is 1. The third-order valence-corrected chi connectivity index (χ3v) is 7.10. The molecule has 1 aliphatic rings. The van der Waals surface area contributed by atoms with Crippen LogP contribution in [0.5, 0.6) is 0 Å². The highest BCUT2D eigenvalue weighted by Gasteiger charge is 2.38. The Labute approximate surface area is 190 Å². The average Bonchev–Trinajstić information content (AvgIpc) is 3.40. The van der Waals surface area contributed by atoms with E-state index in [0.29, 0.717) is 17.5 Å². The molecule has 1 amide bonds. The van der Waals surface area contributed by atoms with Gasteiger partial charge >= 0.3 is 0 Å². The van der Waals surface area contributed by atoms with Crippen LogP contribution in [0.25, 0.3) is 10.2 Å². The molecular formula is C25H23N3OS2. The standard InChI is InChI=1S/C25H23N3OS2/c1-14-6-7-16(10-15(14)2)20-13-22(20)26-18-5-3-4-17(11-18)24(29)27-19-8-9-21-23(12-19)31-25(30)28-21/h3-12,20,22,26H,13H2,1-2H3,(H,27,29)(H,28,30). The maximum absolute atomic E-state index is 12.8. The Bertz CT molecular complexity index is 1350. The van der Waals surface area contributed by atoms with Crippen LogP contribution in [0.2, 0.25) is 0 Å². The van der Waals surface area contributed by atoms with Crippen LogP contribution >= 0.6 is 23.6 Å². The van der Waals surface area contributed by atoms with Gasteiger partial charge in [-0.25, -0.2) is 0 Å². The van der Waals surface area contributed by atoms with Crippen molar-refractivity contribution in [1.29, 1.82) is 0 Å². The molecule has 1 heterocycles. The lowest BCUT2D eigenvalue weighted by Crippen LogP contribution is -2.12. The van der Waals surface area contributed by atoms with Gasteiger partial charge in [-0.15, -0.1) is 11.3 Å². The number of aryl methyl sites for hydroxylation is 2. The molecule has 0 bridgehead atoms. The SMILES string of the molecule is Cc1ccc(C2CC2Nc2cccc(C(=O)Nc3ccc4[nH]c(=S)sc4c3)c2)cc1C. The smallest absolute Gasteiger partial charge is 0.255 e. The molecule has 156 valence electrons. The zero-order chi connectivity index (χ0) is 21.5. The number of hydrogen-bond donors (Lipinski definition) is 3. The summed E-state index contributed by atoms with van der Waals surface area (Å²) in [4.78, 5) is 15.9. The van der Waals surface area contributed by atoms with Crippen LogP contribution in [0.15, 0.2) is 60.7 Å². The number of anilines is 2. The molecule has 3 aromatic carbocycles. The highest BCUT2D eigenvalue weighted by Crippen LogP contribution is 2.43. The molecule has 31 heavy (non-hydrogen) atoms. The molecule has 0 spiro atoms. The van der Waals surface area contributed by atoms with Crippen LogP contribution in [0.3, 0.4) is 0 Å². The van der Waals surface area contributed by atoms with E-state index in [1.54, 1.807) is 0 Å². The van der Waals surface area contributed by atoms with Crippen LogP contribution in [0.4, 0.5) is 11.4 Å². The van der Waals surface area contributed by atoms with Crippen LogP contribution in [-0.4, -0.2) is 16.9 Å². The van der Waals surface area contributed by atoms with Crippen molar-refractivity contribution >= 4 is 51.1 Å². The molecule has 0 radical (unpaired) electrons. The van der Waals surface area contributed by atoms with E-state index < -0.39 is 0 Å². The second-order valence-electron chi connectivity index (χ2n) is 8.20. The van der Waals surface area contributed by atoms with E-state index >= 15 is 0 Å². The van der Waals surface area contributed by atoms with Crippen molar-refractivity contribution < 1.29 is 4.79 Å². The average molecular weight is 446 g/mol. The fourth-order valence-electron chi connectivity index (χ4n) is 3.91. The Hall–Kier alpha value is -2.96. The number of aromatic nitrogens is 1. The van der Waals surface area contributed by atoms with Gasteiger partial charge in [-0.2, -0.15) is 0 Å². The first-order valence-electron chi connectivity index (χ1n) is 10.3. The Morgan fingerprint density at radius 1 is 1.03 bits per heavy atom. The molecule has 0 aliphatic heterocycles. The van der Waals surface area contributed by atoms with Crippen LogP contribution < -0.4 is 10.6 Å². The van der Waals surface area contributed by atoms with Crippen molar-refractivity contribution in [2.75, 3.05) is 10.6 Å². The fourth-order valence-corrected chi connectivity index (χ4v) is 5.06. The number of hydrogen-bond acceptors (Lipinski definition) is 4. The number of H-pyrrole nitrogens is 1. The van der Waals surface area contributed by atoms with Crippen LogP contribution in [-0.2, 0) is 0 Å². The van der Waals surface area contributed by atoms with Gasteiger partial charge in [0.25, 0.3) is 5.91 Å². The number of aromatic amines is 1. The molecule has 1 saturated carbocycles. The second-order valence-corrected chi connectivity index (χ2v) is 9.92. The largest absolute Gasteiger partial charge is 0.382 e. The van der Waals surface area contributed by atoms with Crippen LogP contribution in [0, 0.1) is 17.8 Å². The van der Waals surface area contributed by atoms with E-state index in [2.05, 4.69) is 47.7 Å². The number of fused-ring (bicyclic) bond motifs is 1. The Morgan fingerprint density at radius 3 is 2.74 bits per heavy atom. The van der Waals surface area contributed by atoms with E-state index in [4.69, 9.17) is 12.2 Å². The quantitative estimate of drug-likeness (QED) is 0.296. The molecule has 4 aromatic rings. The molecule has 2 atom stereocenters. The van der Waals surface area contributed by atoms with Crippen molar-refractivity contribution in [2.24, 2.45) is 0 Å². The van der Waals surface area contributed by atoms with Crippen molar-refractivity contribution in [1.82, 2.24) is 4.98 Å². The summed E-state index contributed by atoms with van der Waals surface area (Å²) in [7, 11) is 0. The van der Waals surface area contributed by atoms with E-state index in [1.807, 2.05) is 42.5 Å². The molecule has 1 fully saturated rings. The number of amides is 1. The number of rotatable bonds is 5. The predicted octanol–water partition coefficient (Wildman–Crippen LogP) is 6.80. The van der Waals surface area contributed by atoms with Gasteiger partial charge < -0.3 is 15.6 Å². The maximum atomic E-state index is 12.8. The topological polar surface area (TPSA) is 56.9 Å². The third-order valence-electron chi connectivity index (χ3n) is 5.91. The van der Waals surface area contributed by atoms with E-state index in [-0.39, 0.29) is 5.91 Å². The summed E-state index contributed by atoms with van der Waals surface area (Å²) in [5, 5.41) is 6.58. The lowest BCUT2D eigenvalue weighted by Gasteiger charge is -2.10. The molecule has 5 rings (SSSR count). The summed E-state index contributed by atoms with van der Waals surface area (Å²) in [5.74, 6) is 0.407. The highest BCUT2D eigenvalue weighted by molar-refractivity contribution is 7.73. The summed E-state index contributed by atoms with van der Waals surface area (Å²) in [6, 6.07) is 20.6. The highest BCUT2D eigenvalue weighted by atomic mass is 32.1. The number of carbonyl (C=O) groups is 1. The zero-order valence-corrected chi connectivity index (χ0v) is 19.0. The van der Waals surface area contributed by atoms with E-state index in [1.165, 1.54) is 28.0 Å². The Morgan fingerprint density at radius 2 is 1.90 bits per heavy atom. The molecule has 2 unspecified atom stereocenters. The van der Waals surface area contributed by atoms with Crippen LogP contribution in [0.1, 0.15) is 39.4 Å². The minimum Gasteiger partial charge on any atom is -0.382 e. The number of nitrogens with one attached hydrogen (secondary N) is 3. The Balaban J connectivity index is 1.26. The van der Waals surface area contributed by atoms with Crippen molar-refractivity contribution in [3.05, 3.63) is 86.9 Å². The zero-order valence-electron chi connectivity index (χ0n) is 17.4. The molecule has 0 saturated heterocycles. The summed E-state index contributed by atoms with van der Waals surface area (Å²) in [5.41, 5.74) is 7.41. The third kappa shape index (κ3) is 4.27. The van der Waals surface area contributed by atoms with Gasteiger partial charge in [0, 0.05) is 28.9 Å². The van der Waals surface area contributed by atoms with Gasteiger partial charge in [0.15, 0.2) is 3.95 Å². The lowest BCUT2D eigenvalue weighted by atomic mass is 10.0. The minimum absolute atomic E-state index is 0.122. The molecule has 6 heteroatoms. The summed E-state index contributed by atoms with van der Waals surface area (Å²) >= 11 is 6.70. The number of benzene rings is 3. The second kappa shape index (κ2) is 7.94. The predicted molar refractivity (Wildman–Crippen MR) is 132 cm³/mol. The van der Waals surface area contributed by atoms with Gasteiger partial charge in [-0.05, 0) is 85.6 Å². The lowest BCUT2D eigenvalue weighted by molar-refractivity contribution is 0.102. The summed E-state index contributed by atoms with van der Waals surface area (Å²) in [6.45, 7) is 4.31. The van der Waals surface area contributed by atoms with Gasteiger partial charge in [0.05, 0.1) is 10.2 Å². The fraction of sp³-hybridized carbons (Fsp3) is 0.200. The normalized spacial score (nSPS) is 17.5. The summed E-state index contributed by atoms with van der Waals surface area (Å²) in [6.07, 6.45) is 1.11. The van der Waals surface area contributed by atoms with Gasteiger partial charge in [-0.1, -0.05) is 24.3 Å². The van der Waals surface area contributed by atoms with Gasteiger partial charge in [-0.3, -0.25) is 4.79 Å². The van der Waals surface area contributed by atoms with Crippen molar-refractivity contribution in [3.63, 3.8) is 0 Å². The Kier molecular flexibility index (Phi) is 5.12. The molecule has 1 aliphatic carbocycles. The molecule has 4 nitrogen and oxygen atoms in total. The first-order valence-corrected chi connectivity index (χ1v) is 11.6. The first kappa shape index (κ1) is 20.0. The molecule has 1 aromatic heterocycles. The molecule has 3 N–H and O–H groups in total. The summed E-state index contributed by atoms with van der Waals surface area (Å²) < 4.78 is 1.76. The van der Waals surface area contributed by atoms with E-state index in [9.17, 15) is 4.79 Å². The number of carbonyl (C=O) groups excluding carboxylic acids is 1.